The Balaban J connectivity index is 1.59. The lowest BCUT2D eigenvalue weighted by molar-refractivity contribution is -0.139. The van der Waals surface area contributed by atoms with E-state index < -0.39 is 6.10 Å². The molecule has 1 amide bonds. The standard InChI is InChI=1S/C21H26N2O3/c1-3-20(26-19-11-7-10-18(16-19)25-2)21(24)23-14-12-22(13-15-23)17-8-5-4-6-9-17/h4-11,16,20H,3,12-15H2,1-2H3/t20-/m0/s1. The van der Waals surface area contributed by atoms with Crippen LogP contribution in [0.15, 0.2) is 54.6 Å². The fourth-order valence-electron chi connectivity index (χ4n) is 3.17. The molecular formula is C21H26N2O3. The van der Waals surface area contributed by atoms with Gasteiger partial charge in [0, 0.05) is 37.9 Å². The number of nitrogens with zero attached hydrogens (tertiary/aromatic N) is 2. The summed E-state index contributed by atoms with van der Waals surface area (Å²) in [4.78, 5) is 17.1. The molecule has 26 heavy (non-hydrogen) atoms. The molecule has 0 aliphatic carbocycles. The van der Waals surface area contributed by atoms with Crippen LogP contribution in [-0.2, 0) is 4.79 Å². The van der Waals surface area contributed by atoms with Gasteiger partial charge in [-0.15, -0.1) is 0 Å². The summed E-state index contributed by atoms with van der Waals surface area (Å²) in [6.07, 6.45) is 0.167. The number of carbonyl (C=O) groups is 1. The van der Waals surface area contributed by atoms with Crippen LogP contribution in [0.5, 0.6) is 11.5 Å². The van der Waals surface area contributed by atoms with E-state index in [-0.39, 0.29) is 5.91 Å². The van der Waals surface area contributed by atoms with Crippen LogP contribution in [0, 0.1) is 0 Å². The largest absolute Gasteiger partial charge is 0.497 e. The van der Waals surface area contributed by atoms with Crippen LogP contribution < -0.4 is 14.4 Å². The van der Waals surface area contributed by atoms with Crippen LogP contribution in [0.4, 0.5) is 5.69 Å². The molecule has 5 heteroatoms. The molecule has 138 valence electrons. The number of anilines is 1. The Hall–Kier alpha value is -2.69. The minimum atomic E-state index is -0.467. The number of rotatable bonds is 6. The van der Waals surface area contributed by atoms with Gasteiger partial charge in [0.05, 0.1) is 7.11 Å². The number of para-hydroxylation sites is 1. The van der Waals surface area contributed by atoms with Gasteiger partial charge in [-0.2, -0.15) is 0 Å². The molecule has 1 aliphatic rings. The van der Waals surface area contributed by atoms with E-state index in [2.05, 4.69) is 17.0 Å². The summed E-state index contributed by atoms with van der Waals surface area (Å²) in [5.41, 5.74) is 1.21. The van der Waals surface area contributed by atoms with E-state index in [0.29, 0.717) is 25.3 Å². The van der Waals surface area contributed by atoms with E-state index >= 15 is 0 Å². The van der Waals surface area contributed by atoms with Crippen molar-refractivity contribution in [3.8, 4) is 11.5 Å². The monoisotopic (exact) mass is 354 g/mol. The molecule has 1 fully saturated rings. The summed E-state index contributed by atoms with van der Waals surface area (Å²) in [5, 5.41) is 0. The molecule has 2 aromatic carbocycles. The van der Waals surface area contributed by atoms with Gasteiger partial charge in [0.15, 0.2) is 6.10 Å². The third-order valence-corrected chi connectivity index (χ3v) is 4.68. The van der Waals surface area contributed by atoms with Gasteiger partial charge >= 0.3 is 0 Å². The Morgan fingerprint density at radius 1 is 1.00 bits per heavy atom. The highest BCUT2D eigenvalue weighted by Crippen LogP contribution is 2.22. The van der Waals surface area contributed by atoms with Crippen LogP contribution in [0.2, 0.25) is 0 Å². The highest BCUT2D eigenvalue weighted by Gasteiger charge is 2.28. The Labute approximate surface area is 155 Å². The fraction of sp³-hybridized carbons (Fsp3) is 0.381. The summed E-state index contributed by atoms with van der Waals surface area (Å²) in [5.74, 6) is 1.44. The zero-order valence-electron chi connectivity index (χ0n) is 15.4. The zero-order valence-corrected chi connectivity index (χ0v) is 15.4. The summed E-state index contributed by atoms with van der Waals surface area (Å²) in [7, 11) is 1.62. The van der Waals surface area contributed by atoms with Crippen molar-refractivity contribution in [3.63, 3.8) is 0 Å². The lowest BCUT2D eigenvalue weighted by Gasteiger charge is -2.37. The second kappa shape index (κ2) is 8.61. The van der Waals surface area contributed by atoms with Crippen molar-refractivity contribution in [3.05, 3.63) is 54.6 Å². The number of hydrogen-bond donors (Lipinski definition) is 0. The maximum Gasteiger partial charge on any atom is 0.263 e. The van der Waals surface area contributed by atoms with Crippen molar-refractivity contribution in [1.82, 2.24) is 4.90 Å². The van der Waals surface area contributed by atoms with Crippen molar-refractivity contribution in [2.75, 3.05) is 38.2 Å². The number of piperazine rings is 1. The van der Waals surface area contributed by atoms with Crippen LogP contribution in [0.3, 0.4) is 0 Å². The molecule has 0 N–H and O–H groups in total. The van der Waals surface area contributed by atoms with E-state index in [9.17, 15) is 4.79 Å². The Kier molecular flexibility index (Phi) is 6.00. The van der Waals surface area contributed by atoms with Crippen molar-refractivity contribution in [2.24, 2.45) is 0 Å². The van der Waals surface area contributed by atoms with E-state index in [1.807, 2.05) is 54.3 Å². The number of hydrogen-bond acceptors (Lipinski definition) is 4. The quantitative estimate of drug-likeness (QED) is 0.799. The lowest BCUT2D eigenvalue weighted by atomic mass is 10.2. The van der Waals surface area contributed by atoms with Crippen molar-refractivity contribution in [2.45, 2.75) is 19.4 Å². The fourth-order valence-corrected chi connectivity index (χ4v) is 3.17. The molecule has 1 heterocycles. The van der Waals surface area contributed by atoms with Gasteiger partial charge in [0.25, 0.3) is 5.91 Å². The second-order valence-electron chi connectivity index (χ2n) is 6.34. The Bertz CT molecular complexity index is 712. The van der Waals surface area contributed by atoms with Crippen LogP contribution in [0.1, 0.15) is 13.3 Å². The minimum absolute atomic E-state index is 0.0584. The normalized spacial score (nSPS) is 15.5. The molecule has 1 aliphatic heterocycles. The maximum absolute atomic E-state index is 12.9. The van der Waals surface area contributed by atoms with E-state index in [0.717, 1.165) is 18.8 Å². The molecule has 0 unspecified atom stereocenters. The van der Waals surface area contributed by atoms with Crippen molar-refractivity contribution >= 4 is 11.6 Å². The SMILES string of the molecule is CC[C@H](Oc1cccc(OC)c1)C(=O)N1CCN(c2ccccc2)CC1. The van der Waals surface area contributed by atoms with E-state index in [1.54, 1.807) is 7.11 Å². The average molecular weight is 354 g/mol. The van der Waals surface area contributed by atoms with Crippen LogP contribution in [0.25, 0.3) is 0 Å². The first-order valence-electron chi connectivity index (χ1n) is 9.10. The zero-order chi connectivity index (χ0) is 18.4. The van der Waals surface area contributed by atoms with Gasteiger partial charge in [0.2, 0.25) is 0 Å². The first kappa shape index (κ1) is 18.1. The van der Waals surface area contributed by atoms with Crippen molar-refractivity contribution in [1.29, 1.82) is 0 Å². The third-order valence-electron chi connectivity index (χ3n) is 4.68. The number of methoxy groups -OCH3 is 1. The molecule has 0 saturated carbocycles. The highest BCUT2D eigenvalue weighted by atomic mass is 16.5. The highest BCUT2D eigenvalue weighted by molar-refractivity contribution is 5.81. The van der Waals surface area contributed by atoms with Gasteiger partial charge in [-0.1, -0.05) is 31.2 Å². The summed E-state index contributed by atoms with van der Waals surface area (Å²) in [6.45, 7) is 5.08. The third kappa shape index (κ3) is 4.28. The molecule has 5 nitrogen and oxygen atoms in total. The van der Waals surface area contributed by atoms with Gasteiger partial charge in [-0.25, -0.2) is 0 Å². The molecule has 3 rings (SSSR count). The number of amides is 1. The molecule has 2 aromatic rings. The first-order valence-corrected chi connectivity index (χ1v) is 9.10. The molecular weight excluding hydrogens is 328 g/mol. The predicted octanol–water partition coefficient (Wildman–Crippen LogP) is 3.20. The molecule has 0 radical (unpaired) electrons. The van der Waals surface area contributed by atoms with Gasteiger partial charge in [-0.05, 0) is 30.7 Å². The van der Waals surface area contributed by atoms with Crippen LogP contribution in [-0.4, -0.2) is 50.2 Å². The topological polar surface area (TPSA) is 42.0 Å². The number of benzene rings is 2. The summed E-state index contributed by atoms with van der Waals surface area (Å²) in [6, 6.07) is 17.7. The molecule has 0 bridgehead atoms. The van der Waals surface area contributed by atoms with Crippen molar-refractivity contribution < 1.29 is 14.3 Å². The van der Waals surface area contributed by atoms with Crippen LogP contribution >= 0.6 is 0 Å². The Morgan fingerprint density at radius 3 is 2.35 bits per heavy atom. The van der Waals surface area contributed by atoms with E-state index in [4.69, 9.17) is 9.47 Å². The summed E-state index contributed by atoms with van der Waals surface area (Å²) >= 11 is 0. The average Bonchev–Trinajstić information content (AvgIpc) is 2.72. The minimum Gasteiger partial charge on any atom is -0.497 e. The number of ether oxygens (including phenoxy) is 2. The molecule has 1 saturated heterocycles. The predicted molar refractivity (Wildman–Crippen MR) is 103 cm³/mol. The Morgan fingerprint density at radius 2 is 1.69 bits per heavy atom. The van der Waals surface area contributed by atoms with E-state index in [1.165, 1.54) is 5.69 Å². The first-order chi connectivity index (χ1) is 12.7. The maximum atomic E-state index is 12.9. The molecule has 1 atom stereocenters. The smallest absolute Gasteiger partial charge is 0.263 e. The van der Waals surface area contributed by atoms with Gasteiger partial charge in [-0.3, -0.25) is 4.79 Å². The number of carbonyl (C=O) groups excluding carboxylic acids is 1. The second-order valence-corrected chi connectivity index (χ2v) is 6.34. The van der Waals surface area contributed by atoms with Gasteiger partial charge < -0.3 is 19.3 Å². The molecule has 0 spiro atoms. The van der Waals surface area contributed by atoms with Gasteiger partial charge in [0.1, 0.15) is 11.5 Å². The lowest BCUT2D eigenvalue weighted by Crippen LogP contribution is -2.52. The summed E-state index contributed by atoms with van der Waals surface area (Å²) < 4.78 is 11.2. The molecule has 0 aromatic heterocycles.